The van der Waals surface area contributed by atoms with Crippen LogP contribution in [0.15, 0.2) is 4.42 Å². The van der Waals surface area contributed by atoms with Crippen molar-refractivity contribution in [3.63, 3.8) is 0 Å². The predicted octanol–water partition coefficient (Wildman–Crippen LogP) is 3.05. The highest BCUT2D eigenvalue weighted by Gasteiger charge is 2.32. The van der Waals surface area contributed by atoms with Crippen LogP contribution < -0.4 is 5.84 Å². The molecule has 0 aromatic carbocycles. The van der Waals surface area contributed by atoms with Gasteiger partial charge in [-0.15, -0.1) is 0 Å². The van der Waals surface area contributed by atoms with Crippen LogP contribution in [0.1, 0.15) is 50.8 Å². The Morgan fingerprint density at radius 2 is 2.10 bits per heavy atom. The van der Waals surface area contributed by atoms with E-state index in [9.17, 15) is 0 Å². The standard InChI is InChI=1S/C14H19N3O2S/c1-7(2)12-16-13(20)11-10(17(12)15)8-6-18-14(3,4)5-9(8)19-11/h7H,5-6,15H2,1-4H3. The lowest BCUT2D eigenvalue weighted by Crippen LogP contribution is -2.31. The third kappa shape index (κ3) is 1.94. The molecule has 0 unspecified atom stereocenters. The molecule has 0 aliphatic carbocycles. The number of rotatable bonds is 1. The molecule has 0 bridgehead atoms. The van der Waals surface area contributed by atoms with Crippen LogP contribution in [0.25, 0.3) is 11.1 Å². The molecule has 6 heteroatoms. The van der Waals surface area contributed by atoms with Crippen molar-refractivity contribution in [3.8, 4) is 0 Å². The van der Waals surface area contributed by atoms with Crippen molar-refractivity contribution in [2.75, 3.05) is 5.84 Å². The summed E-state index contributed by atoms with van der Waals surface area (Å²) in [5.74, 6) is 8.08. The summed E-state index contributed by atoms with van der Waals surface area (Å²) in [4.78, 5) is 4.40. The van der Waals surface area contributed by atoms with Crippen LogP contribution >= 0.6 is 12.2 Å². The van der Waals surface area contributed by atoms with E-state index < -0.39 is 0 Å². The first-order valence-corrected chi connectivity index (χ1v) is 7.17. The fourth-order valence-corrected chi connectivity index (χ4v) is 2.86. The summed E-state index contributed by atoms with van der Waals surface area (Å²) in [5.41, 5.74) is 2.19. The zero-order valence-corrected chi connectivity index (χ0v) is 13.0. The zero-order chi connectivity index (χ0) is 14.7. The monoisotopic (exact) mass is 293 g/mol. The van der Waals surface area contributed by atoms with Gasteiger partial charge in [0.15, 0.2) is 10.2 Å². The number of nitrogens with two attached hydrogens (primary N) is 1. The summed E-state index contributed by atoms with van der Waals surface area (Å²) in [5, 5.41) is 0. The Labute approximate surface area is 122 Å². The first kappa shape index (κ1) is 13.6. The first-order chi connectivity index (χ1) is 9.30. The lowest BCUT2D eigenvalue weighted by Gasteiger charge is -2.29. The predicted molar refractivity (Wildman–Crippen MR) is 79.6 cm³/mol. The van der Waals surface area contributed by atoms with Gasteiger partial charge >= 0.3 is 0 Å². The largest absolute Gasteiger partial charge is 0.456 e. The highest BCUT2D eigenvalue weighted by Crippen LogP contribution is 2.35. The summed E-state index contributed by atoms with van der Waals surface area (Å²) in [6.45, 7) is 8.66. The van der Waals surface area contributed by atoms with Crippen molar-refractivity contribution in [1.82, 2.24) is 9.66 Å². The quantitative estimate of drug-likeness (QED) is 0.646. The topological polar surface area (TPSA) is 66.2 Å². The molecule has 1 aliphatic heterocycles. The number of nitrogen functional groups attached to an aromatic ring is 1. The van der Waals surface area contributed by atoms with Gasteiger partial charge in [0, 0.05) is 17.9 Å². The average molecular weight is 293 g/mol. The molecular formula is C14H19N3O2S. The number of furan rings is 1. The van der Waals surface area contributed by atoms with Crippen molar-refractivity contribution < 1.29 is 9.15 Å². The van der Waals surface area contributed by atoms with Crippen LogP contribution in [0, 0.1) is 4.64 Å². The summed E-state index contributed by atoms with van der Waals surface area (Å²) in [6, 6.07) is 0. The number of fused-ring (bicyclic) bond motifs is 3. The molecule has 2 N–H and O–H groups in total. The third-order valence-electron chi connectivity index (χ3n) is 3.67. The van der Waals surface area contributed by atoms with E-state index in [-0.39, 0.29) is 11.5 Å². The SMILES string of the molecule is CC(C)c1nc(=S)c2oc3c(c2n1N)COC(C)(C)C3. The van der Waals surface area contributed by atoms with Crippen LogP contribution in [-0.2, 0) is 17.8 Å². The Hall–Kier alpha value is -1.40. The molecule has 3 heterocycles. The fraction of sp³-hybridized carbons (Fsp3) is 0.571. The van der Waals surface area contributed by atoms with Crippen LogP contribution in [-0.4, -0.2) is 15.3 Å². The summed E-state index contributed by atoms with van der Waals surface area (Å²) in [6.07, 6.45) is 0.711. The minimum Gasteiger partial charge on any atom is -0.456 e. The molecule has 2 aromatic rings. The number of hydrogen-bond acceptors (Lipinski definition) is 5. The third-order valence-corrected chi connectivity index (χ3v) is 3.95. The van der Waals surface area contributed by atoms with E-state index in [1.165, 1.54) is 0 Å². The molecule has 0 saturated heterocycles. The lowest BCUT2D eigenvalue weighted by molar-refractivity contribution is -0.0441. The number of aromatic nitrogens is 2. The smallest absolute Gasteiger partial charge is 0.189 e. The minimum absolute atomic E-state index is 0.192. The van der Waals surface area contributed by atoms with Gasteiger partial charge in [0.05, 0.1) is 12.2 Å². The second-order valence-electron chi connectivity index (χ2n) is 6.21. The van der Waals surface area contributed by atoms with Crippen LogP contribution in [0.2, 0.25) is 0 Å². The normalized spacial score (nSPS) is 17.6. The molecule has 0 radical (unpaired) electrons. The zero-order valence-electron chi connectivity index (χ0n) is 12.2. The van der Waals surface area contributed by atoms with Crippen molar-refractivity contribution in [2.24, 2.45) is 0 Å². The Morgan fingerprint density at radius 3 is 2.75 bits per heavy atom. The van der Waals surface area contributed by atoms with Crippen molar-refractivity contribution in [2.45, 2.75) is 52.2 Å². The van der Waals surface area contributed by atoms with Crippen LogP contribution in [0.5, 0.6) is 0 Å². The summed E-state index contributed by atoms with van der Waals surface area (Å²) < 4.78 is 13.9. The lowest BCUT2D eigenvalue weighted by atomic mass is 9.97. The number of hydrogen-bond donors (Lipinski definition) is 1. The van der Waals surface area contributed by atoms with Crippen LogP contribution in [0.3, 0.4) is 0 Å². The second-order valence-corrected chi connectivity index (χ2v) is 6.59. The van der Waals surface area contributed by atoms with E-state index in [4.69, 9.17) is 27.2 Å². The molecule has 0 atom stereocenters. The Balaban J connectivity index is 2.32. The van der Waals surface area contributed by atoms with Gasteiger partial charge in [-0.2, -0.15) is 0 Å². The van der Waals surface area contributed by atoms with E-state index in [0.29, 0.717) is 23.3 Å². The van der Waals surface area contributed by atoms with Gasteiger partial charge < -0.3 is 15.0 Å². The first-order valence-electron chi connectivity index (χ1n) is 6.76. The van der Waals surface area contributed by atoms with Crippen molar-refractivity contribution >= 4 is 23.3 Å². The van der Waals surface area contributed by atoms with E-state index in [2.05, 4.69) is 4.98 Å². The van der Waals surface area contributed by atoms with Gasteiger partial charge in [-0.05, 0) is 13.8 Å². The van der Waals surface area contributed by atoms with E-state index >= 15 is 0 Å². The molecule has 2 aromatic heterocycles. The Morgan fingerprint density at radius 1 is 1.40 bits per heavy atom. The Kier molecular flexibility index (Phi) is 2.92. The molecule has 20 heavy (non-hydrogen) atoms. The van der Waals surface area contributed by atoms with E-state index in [0.717, 1.165) is 22.7 Å². The maximum atomic E-state index is 6.22. The molecule has 1 aliphatic rings. The number of ether oxygens (including phenoxy) is 1. The van der Waals surface area contributed by atoms with Gasteiger partial charge in [0.1, 0.15) is 17.1 Å². The molecule has 108 valence electrons. The van der Waals surface area contributed by atoms with Crippen molar-refractivity contribution in [3.05, 3.63) is 21.8 Å². The van der Waals surface area contributed by atoms with Gasteiger partial charge in [-0.1, -0.05) is 26.1 Å². The molecule has 5 nitrogen and oxygen atoms in total. The summed E-state index contributed by atoms with van der Waals surface area (Å²) >= 11 is 5.35. The second kappa shape index (κ2) is 4.30. The van der Waals surface area contributed by atoms with E-state index in [1.54, 1.807) is 4.68 Å². The maximum absolute atomic E-state index is 6.22. The van der Waals surface area contributed by atoms with Gasteiger partial charge in [0.25, 0.3) is 0 Å². The molecular weight excluding hydrogens is 274 g/mol. The van der Waals surface area contributed by atoms with Crippen LogP contribution in [0.4, 0.5) is 0 Å². The average Bonchev–Trinajstić information content (AvgIpc) is 2.70. The van der Waals surface area contributed by atoms with Gasteiger partial charge in [-0.25, -0.2) is 9.66 Å². The molecule has 0 spiro atoms. The van der Waals surface area contributed by atoms with E-state index in [1.807, 2.05) is 27.7 Å². The minimum atomic E-state index is -0.226. The highest BCUT2D eigenvalue weighted by atomic mass is 32.1. The van der Waals surface area contributed by atoms with Gasteiger partial charge in [0.2, 0.25) is 0 Å². The highest BCUT2D eigenvalue weighted by molar-refractivity contribution is 7.71. The fourth-order valence-electron chi connectivity index (χ4n) is 2.63. The number of nitrogens with zero attached hydrogens (tertiary/aromatic N) is 2. The van der Waals surface area contributed by atoms with Gasteiger partial charge in [-0.3, -0.25) is 0 Å². The molecule has 3 rings (SSSR count). The molecule has 0 saturated carbocycles. The molecule has 0 fully saturated rings. The summed E-state index contributed by atoms with van der Waals surface area (Å²) in [7, 11) is 0. The maximum Gasteiger partial charge on any atom is 0.189 e. The Bertz CT molecular complexity index is 743. The van der Waals surface area contributed by atoms with Crippen molar-refractivity contribution in [1.29, 1.82) is 0 Å². The molecule has 0 amide bonds.